The van der Waals surface area contributed by atoms with Gasteiger partial charge in [0.05, 0.1) is 6.61 Å². The Labute approximate surface area is 360 Å². The summed E-state index contributed by atoms with van der Waals surface area (Å²) in [7, 11) is -4.62. The van der Waals surface area contributed by atoms with Gasteiger partial charge in [0.2, 0.25) is 0 Å². The third-order valence-electron chi connectivity index (χ3n) is 9.43. The Balaban J connectivity index is 2.53. The Morgan fingerprint density at radius 3 is 1.55 bits per heavy atom. The van der Waals surface area contributed by atoms with Gasteiger partial charge < -0.3 is 34.3 Å². The van der Waals surface area contributed by atoms with Crippen LogP contribution in [-0.4, -0.2) is 96.0 Å². The van der Waals surface area contributed by atoms with Gasteiger partial charge in [0, 0.05) is 12.8 Å². The lowest BCUT2D eigenvalue weighted by molar-refractivity contribution is -0.297. The molecule has 0 aromatic carbocycles. The molecule has 0 bridgehead atoms. The molecule has 342 valence electrons. The van der Waals surface area contributed by atoms with Crippen LogP contribution in [0.4, 0.5) is 0 Å². The number of hydrogen-bond donors (Lipinski definition) is 4. The van der Waals surface area contributed by atoms with Gasteiger partial charge in [-0.1, -0.05) is 125 Å². The monoisotopic (exact) mass is 865 g/mol. The van der Waals surface area contributed by atoms with Gasteiger partial charge in [-0.25, -0.2) is 0 Å². The van der Waals surface area contributed by atoms with E-state index in [9.17, 15) is 37.9 Å². The molecule has 60 heavy (non-hydrogen) atoms. The van der Waals surface area contributed by atoms with Crippen LogP contribution in [0.3, 0.4) is 0 Å². The van der Waals surface area contributed by atoms with Crippen LogP contribution in [0.15, 0.2) is 85.1 Å². The van der Waals surface area contributed by atoms with Gasteiger partial charge in [0.15, 0.2) is 12.4 Å². The normalized spacial score (nSPS) is 20.9. The molecule has 0 aromatic heterocycles. The van der Waals surface area contributed by atoms with Crippen molar-refractivity contribution in [3.05, 3.63) is 85.1 Å². The molecule has 0 aromatic rings. The molecule has 0 amide bonds. The first kappa shape index (κ1) is 54.8. The van der Waals surface area contributed by atoms with E-state index < -0.39 is 71.2 Å². The maximum Gasteiger partial charge on any atom is 0.306 e. The van der Waals surface area contributed by atoms with Crippen LogP contribution in [-0.2, 0) is 38.7 Å². The van der Waals surface area contributed by atoms with Gasteiger partial charge >= 0.3 is 11.9 Å². The Morgan fingerprint density at radius 2 is 1.03 bits per heavy atom. The van der Waals surface area contributed by atoms with Gasteiger partial charge in [0.1, 0.15) is 36.8 Å². The maximum absolute atomic E-state index is 12.8. The molecule has 0 radical (unpaired) electrons. The van der Waals surface area contributed by atoms with Crippen molar-refractivity contribution >= 4 is 22.1 Å². The average molecular weight is 865 g/mol. The number of hydrogen-bond acceptors (Lipinski definition) is 11. The lowest BCUT2D eigenvalue weighted by Crippen LogP contribution is -2.60. The van der Waals surface area contributed by atoms with E-state index >= 15 is 0 Å². The minimum atomic E-state index is -4.62. The van der Waals surface area contributed by atoms with Crippen molar-refractivity contribution in [3.63, 3.8) is 0 Å². The van der Waals surface area contributed by atoms with E-state index in [1.807, 2.05) is 0 Å². The number of ether oxygens (including phenoxy) is 4. The SMILES string of the molecule is CCC/C=C/C/C=C/C/C=C/C/C=C/CCCCCC(=O)O[C@H](COC(=O)CCCC/C=C/C/C=C/C/C=C/CCCCC)CO[C@H]1O[C@H](CS(=O)(=O)O)[C@@H](O)C(O)C1O. The molecule has 1 aliphatic rings. The van der Waals surface area contributed by atoms with Crippen LogP contribution in [0.25, 0.3) is 0 Å². The fraction of sp³-hybridized carbons (Fsp3) is 0.660. The highest BCUT2D eigenvalue weighted by Gasteiger charge is 2.46. The van der Waals surface area contributed by atoms with Crippen LogP contribution >= 0.6 is 0 Å². The molecule has 0 spiro atoms. The third-order valence-corrected chi connectivity index (χ3v) is 10.2. The van der Waals surface area contributed by atoms with E-state index in [-0.39, 0.29) is 19.4 Å². The molecular weight excluding hydrogens is 789 g/mol. The molecule has 2 unspecified atom stereocenters. The molecular formula is C47H76O12S. The Hall–Kier alpha value is -3.17. The van der Waals surface area contributed by atoms with Crippen molar-refractivity contribution in [1.29, 1.82) is 0 Å². The summed E-state index contributed by atoms with van der Waals surface area (Å²) < 4.78 is 54.0. The van der Waals surface area contributed by atoms with Crippen LogP contribution in [0.5, 0.6) is 0 Å². The molecule has 4 N–H and O–H groups in total. The van der Waals surface area contributed by atoms with Gasteiger partial charge in [-0.2, -0.15) is 8.42 Å². The maximum atomic E-state index is 12.8. The number of unbranched alkanes of at least 4 members (excludes halogenated alkanes) is 9. The van der Waals surface area contributed by atoms with Crippen molar-refractivity contribution in [3.8, 4) is 0 Å². The van der Waals surface area contributed by atoms with Gasteiger partial charge in [-0.15, -0.1) is 0 Å². The molecule has 13 heteroatoms. The molecule has 0 saturated carbocycles. The lowest BCUT2D eigenvalue weighted by atomic mass is 10.00. The van der Waals surface area contributed by atoms with E-state index in [4.69, 9.17) is 18.9 Å². The zero-order valence-electron chi connectivity index (χ0n) is 36.3. The lowest BCUT2D eigenvalue weighted by Gasteiger charge is -2.40. The first-order valence-corrected chi connectivity index (χ1v) is 23.8. The van der Waals surface area contributed by atoms with Crippen LogP contribution in [0.2, 0.25) is 0 Å². The smallest absolute Gasteiger partial charge is 0.306 e. The zero-order chi connectivity index (χ0) is 44.1. The molecule has 6 atom stereocenters. The van der Waals surface area contributed by atoms with Crippen molar-refractivity contribution in [2.45, 2.75) is 179 Å². The highest BCUT2D eigenvalue weighted by Crippen LogP contribution is 2.24. The molecule has 1 rings (SSSR count). The second kappa shape index (κ2) is 36.5. The highest BCUT2D eigenvalue weighted by molar-refractivity contribution is 7.85. The standard InChI is InChI=1S/C47H76O12S/c1-3-5-7-9-11-13-15-17-19-20-22-24-26-28-30-32-34-36-43(49)58-40(38-57-47-46(52)45(51)44(50)41(59-47)39-60(53,54)55)37-56-42(48)35-33-31-29-27-25-23-21-18-16-14-12-10-8-6-4-2/h7,9,12-15,18-21,24-27,40-41,44-47,50-52H,3-6,8,10-11,16-17,22-23,28-39H2,1-2H3,(H,53,54,55)/b9-7+,14-12+,15-13+,20-19+,21-18+,26-24+,27-25+/t40-,41-,44-,45?,46?,47+/m1/s1. The Morgan fingerprint density at radius 1 is 0.567 bits per heavy atom. The number of rotatable bonds is 35. The summed E-state index contributed by atoms with van der Waals surface area (Å²) >= 11 is 0. The summed E-state index contributed by atoms with van der Waals surface area (Å²) in [5.41, 5.74) is 0. The summed E-state index contributed by atoms with van der Waals surface area (Å²) in [4.78, 5) is 25.4. The Kier molecular flexibility index (Phi) is 33.3. The second-order valence-corrected chi connectivity index (χ2v) is 16.5. The van der Waals surface area contributed by atoms with E-state index in [1.54, 1.807) is 0 Å². The summed E-state index contributed by atoms with van der Waals surface area (Å²) in [6.07, 6.45) is 37.7. The van der Waals surface area contributed by atoms with Gasteiger partial charge in [-0.3, -0.25) is 14.1 Å². The minimum absolute atomic E-state index is 0.113. The van der Waals surface area contributed by atoms with Crippen molar-refractivity contribution in [2.75, 3.05) is 19.0 Å². The fourth-order valence-electron chi connectivity index (χ4n) is 5.97. The third kappa shape index (κ3) is 30.8. The first-order chi connectivity index (χ1) is 29.0. The predicted molar refractivity (Wildman–Crippen MR) is 238 cm³/mol. The van der Waals surface area contributed by atoms with Crippen LogP contribution < -0.4 is 0 Å². The summed E-state index contributed by atoms with van der Waals surface area (Å²) in [6.45, 7) is 3.58. The second-order valence-electron chi connectivity index (χ2n) is 15.0. The fourth-order valence-corrected chi connectivity index (χ4v) is 6.66. The number of allylic oxidation sites excluding steroid dienone is 14. The highest BCUT2D eigenvalue weighted by atomic mass is 32.2. The minimum Gasteiger partial charge on any atom is -0.462 e. The molecule has 1 heterocycles. The number of carbonyl (C=O) groups is 2. The van der Waals surface area contributed by atoms with Gasteiger partial charge in [0.25, 0.3) is 10.1 Å². The molecule has 1 fully saturated rings. The summed E-state index contributed by atoms with van der Waals surface area (Å²) in [6, 6.07) is 0. The van der Waals surface area contributed by atoms with Crippen molar-refractivity contribution in [1.82, 2.24) is 0 Å². The van der Waals surface area contributed by atoms with Crippen molar-refractivity contribution in [2.24, 2.45) is 0 Å². The zero-order valence-corrected chi connectivity index (χ0v) is 37.1. The summed E-state index contributed by atoms with van der Waals surface area (Å²) in [5, 5.41) is 30.9. The predicted octanol–water partition coefficient (Wildman–Crippen LogP) is 8.89. The average Bonchev–Trinajstić information content (AvgIpc) is 3.21. The number of aliphatic hydroxyl groups excluding tert-OH is 3. The van der Waals surface area contributed by atoms with E-state index in [2.05, 4.69) is 98.9 Å². The topological polar surface area (TPSA) is 186 Å². The number of carbonyl (C=O) groups excluding carboxylic acids is 2. The van der Waals surface area contributed by atoms with Gasteiger partial charge in [-0.05, 0) is 89.9 Å². The van der Waals surface area contributed by atoms with Crippen molar-refractivity contribution < 1.29 is 56.8 Å². The van der Waals surface area contributed by atoms with E-state index in [0.717, 1.165) is 77.0 Å². The Bertz CT molecular complexity index is 1430. The molecule has 12 nitrogen and oxygen atoms in total. The quantitative estimate of drug-likeness (QED) is 0.0206. The van der Waals surface area contributed by atoms with E-state index in [1.165, 1.54) is 25.7 Å². The van der Waals surface area contributed by atoms with E-state index in [0.29, 0.717) is 12.8 Å². The molecule has 0 aliphatic carbocycles. The molecule has 1 saturated heterocycles. The number of aliphatic hydroxyl groups is 3. The first-order valence-electron chi connectivity index (χ1n) is 22.1. The number of esters is 2. The molecule has 1 aliphatic heterocycles. The summed E-state index contributed by atoms with van der Waals surface area (Å²) in [5.74, 6) is -2.09. The largest absolute Gasteiger partial charge is 0.462 e. The van der Waals surface area contributed by atoms with Crippen LogP contribution in [0, 0.1) is 0 Å². The van der Waals surface area contributed by atoms with Crippen LogP contribution in [0.1, 0.15) is 142 Å².